The van der Waals surface area contributed by atoms with Gasteiger partial charge in [-0.15, -0.1) is 0 Å². The van der Waals surface area contributed by atoms with Crippen molar-refractivity contribution >= 4 is 29.2 Å². The quantitative estimate of drug-likeness (QED) is 0.800. The Morgan fingerprint density at radius 2 is 1.79 bits per heavy atom. The van der Waals surface area contributed by atoms with E-state index in [1.54, 1.807) is 13.8 Å². The Balaban J connectivity index is 3.25. The minimum atomic E-state index is -1.02. The summed E-state index contributed by atoms with van der Waals surface area (Å²) in [4.78, 5) is 14.7. The Hall–Kier alpha value is -0.800. The molecule has 0 aromatic carbocycles. The number of hydrogen-bond acceptors (Lipinski definition) is 2. The molecule has 1 aromatic heterocycles. The lowest BCUT2D eigenvalue weighted by atomic mass is 9.85. The second-order valence-electron chi connectivity index (χ2n) is 3.43. The van der Waals surface area contributed by atoms with Crippen molar-refractivity contribution in [2.75, 3.05) is 0 Å². The van der Waals surface area contributed by atoms with Gasteiger partial charge in [0.2, 0.25) is 0 Å². The van der Waals surface area contributed by atoms with Crippen LogP contribution < -0.4 is 0 Å². The number of halogens is 2. The van der Waals surface area contributed by atoms with E-state index in [1.165, 1.54) is 12.1 Å². The van der Waals surface area contributed by atoms with Crippen LogP contribution in [0.1, 0.15) is 19.4 Å². The summed E-state index contributed by atoms with van der Waals surface area (Å²) in [5, 5.41) is 9.36. The summed E-state index contributed by atoms with van der Waals surface area (Å²) in [6.07, 6.45) is 0. The van der Waals surface area contributed by atoms with Gasteiger partial charge in [0.15, 0.2) is 0 Å². The van der Waals surface area contributed by atoms with E-state index >= 15 is 0 Å². The maximum absolute atomic E-state index is 10.9. The van der Waals surface area contributed by atoms with Crippen LogP contribution in [0.4, 0.5) is 0 Å². The van der Waals surface area contributed by atoms with E-state index in [-0.39, 0.29) is 10.3 Å². The topological polar surface area (TPSA) is 50.2 Å². The molecule has 1 heterocycles. The Morgan fingerprint density at radius 1 is 1.36 bits per heavy atom. The van der Waals surface area contributed by atoms with Crippen molar-refractivity contribution in [3.05, 3.63) is 28.0 Å². The zero-order valence-electron chi connectivity index (χ0n) is 7.71. The number of pyridine rings is 1. The Morgan fingerprint density at radius 3 is 2.14 bits per heavy atom. The molecule has 0 saturated carbocycles. The molecular formula is C9H9Cl2NO2. The van der Waals surface area contributed by atoms with Crippen molar-refractivity contribution in [3.63, 3.8) is 0 Å². The summed E-state index contributed by atoms with van der Waals surface area (Å²) in [5.41, 5.74) is -0.481. The first kappa shape index (κ1) is 11.3. The van der Waals surface area contributed by atoms with Gasteiger partial charge in [0, 0.05) is 0 Å². The van der Waals surface area contributed by atoms with E-state index in [1.807, 2.05) is 0 Å². The van der Waals surface area contributed by atoms with Crippen molar-refractivity contribution in [3.8, 4) is 0 Å². The molecular weight excluding hydrogens is 225 g/mol. The summed E-state index contributed by atoms with van der Waals surface area (Å²) < 4.78 is 0. The van der Waals surface area contributed by atoms with Gasteiger partial charge in [-0.1, -0.05) is 23.2 Å². The standard InChI is InChI=1S/C9H9Cl2NO2/c1-9(2,8(13)14)5-3-6(10)12-7(11)4-5/h3-4H,1-2H3,(H,13,14). The van der Waals surface area contributed by atoms with Gasteiger partial charge in [-0.3, -0.25) is 4.79 Å². The molecule has 0 aliphatic carbocycles. The fourth-order valence-electron chi connectivity index (χ4n) is 0.949. The van der Waals surface area contributed by atoms with Gasteiger partial charge in [-0.05, 0) is 31.5 Å². The third-order valence-corrected chi connectivity index (χ3v) is 2.41. The number of carbonyl (C=O) groups is 1. The zero-order valence-corrected chi connectivity index (χ0v) is 9.23. The maximum Gasteiger partial charge on any atom is 0.313 e. The maximum atomic E-state index is 10.9. The molecule has 0 bridgehead atoms. The van der Waals surface area contributed by atoms with Crippen LogP contribution >= 0.6 is 23.2 Å². The molecule has 1 rings (SSSR count). The average molecular weight is 234 g/mol. The summed E-state index contributed by atoms with van der Waals surface area (Å²) in [6, 6.07) is 3.00. The van der Waals surface area contributed by atoms with E-state index in [0.717, 1.165) is 0 Å². The van der Waals surface area contributed by atoms with Gasteiger partial charge in [-0.25, -0.2) is 4.98 Å². The van der Waals surface area contributed by atoms with Gasteiger partial charge in [-0.2, -0.15) is 0 Å². The first-order valence-corrected chi connectivity index (χ1v) is 4.66. The van der Waals surface area contributed by atoms with E-state index < -0.39 is 11.4 Å². The molecule has 0 fully saturated rings. The van der Waals surface area contributed by atoms with E-state index in [4.69, 9.17) is 28.3 Å². The normalized spacial score (nSPS) is 11.4. The van der Waals surface area contributed by atoms with Crippen molar-refractivity contribution < 1.29 is 9.90 Å². The van der Waals surface area contributed by atoms with Crippen molar-refractivity contribution in [2.24, 2.45) is 0 Å². The predicted molar refractivity (Wildman–Crippen MR) is 54.9 cm³/mol. The van der Waals surface area contributed by atoms with Gasteiger partial charge < -0.3 is 5.11 Å². The number of aromatic nitrogens is 1. The van der Waals surface area contributed by atoms with E-state index in [2.05, 4.69) is 4.98 Å². The molecule has 0 saturated heterocycles. The molecule has 0 atom stereocenters. The lowest BCUT2D eigenvalue weighted by Gasteiger charge is -2.19. The fourth-order valence-corrected chi connectivity index (χ4v) is 1.41. The summed E-state index contributed by atoms with van der Waals surface area (Å²) in [7, 11) is 0. The molecule has 0 amide bonds. The molecule has 0 spiro atoms. The van der Waals surface area contributed by atoms with Gasteiger partial charge in [0.25, 0.3) is 0 Å². The van der Waals surface area contributed by atoms with Crippen LogP contribution in [0.3, 0.4) is 0 Å². The molecule has 76 valence electrons. The monoisotopic (exact) mass is 233 g/mol. The molecule has 0 radical (unpaired) electrons. The first-order valence-electron chi connectivity index (χ1n) is 3.91. The minimum absolute atomic E-state index is 0.196. The minimum Gasteiger partial charge on any atom is -0.481 e. The lowest BCUT2D eigenvalue weighted by Crippen LogP contribution is -2.28. The van der Waals surface area contributed by atoms with E-state index in [0.29, 0.717) is 5.56 Å². The van der Waals surface area contributed by atoms with Crippen LogP contribution in [0.5, 0.6) is 0 Å². The van der Waals surface area contributed by atoms with Gasteiger partial charge >= 0.3 is 5.97 Å². The molecule has 1 aromatic rings. The van der Waals surface area contributed by atoms with Crippen molar-refractivity contribution in [2.45, 2.75) is 19.3 Å². The molecule has 0 unspecified atom stereocenters. The Labute approximate surface area is 91.7 Å². The second-order valence-corrected chi connectivity index (χ2v) is 4.21. The number of carboxylic acids is 1. The predicted octanol–water partition coefficient (Wildman–Crippen LogP) is 2.75. The molecule has 3 nitrogen and oxygen atoms in total. The number of hydrogen-bond donors (Lipinski definition) is 1. The van der Waals surface area contributed by atoms with Crippen molar-refractivity contribution in [1.29, 1.82) is 0 Å². The number of aliphatic carboxylic acids is 1. The van der Waals surface area contributed by atoms with Crippen LogP contribution in [-0.4, -0.2) is 16.1 Å². The summed E-state index contributed by atoms with van der Waals surface area (Å²) in [6.45, 7) is 3.16. The van der Waals surface area contributed by atoms with Crippen LogP contribution in [0.2, 0.25) is 10.3 Å². The third-order valence-electron chi connectivity index (χ3n) is 2.02. The van der Waals surface area contributed by atoms with Gasteiger partial charge in [0.05, 0.1) is 5.41 Å². The highest BCUT2D eigenvalue weighted by Crippen LogP contribution is 2.27. The molecule has 0 aliphatic heterocycles. The SMILES string of the molecule is CC(C)(C(=O)O)c1cc(Cl)nc(Cl)c1. The number of rotatable bonds is 2. The van der Waals surface area contributed by atoms with Gasteiger partial charge in [0.1, 0.15) is 10.3 Å². The lowest BCUT2D eigenvalue weighted by molar-refractivity contribution is -0.142. The largest absolute Gasteiger partial charge is 0.481 e. The number of nitrogens with zero attached hydrogens (tertiary/aromatic N) is 1. The first-order chi connectivity index (χ1) is 6.34. The summed E-state index contributed by atoms with van der Waals surface area (Å²) >= 11 is 11.3. The smallest absolute Gasteiger partial charge is 0.313 e. The highest BCUT2D eigenvalue weighted by molar-refractivity contribution is 6.32. The fraction of sp³-hybridized carbons (Fsp3) is 0.333. The number of carboxylic acid groups (broad SMARTS) is 1. The Kier molecular flexibility index (Phi) is 3.02. The summed E-state index contributed by atoms with van der Waals surface area (Å²) in [5.74, 6) is -0.934. The average Bonchev–Trinajstić information content (AvgIpc) is 2.01. The van der Waals surface area contributed by atoms with Crippen LogP contribution in [0.15, 0.2) is 12.1 Å². The van der Waals surface area contributed by atoms with Crippen LogP contribution in [-0.2, 0) is 10.2 Å². The molecule has 5 heteroatoms. The van der Waals surface area contributed by atoms with Crippen LogP contribution in [0.25, 0.3) is 0 Å². The molecule has 1 N–H and O–H groups in total. The molecule has 14 heavy (non-hydrogen) atoms. The van der Waals surface area contributed by atoms with Crippen LogP contribution in [0, 0.1) is 0 Å². The van der Waals surface area contributed by atoms with Crippen molar-refractivity contribution in [1.82, 2.24) is 4.98 Å². The zero-order chi connectivity index (χ0) is 10.9. The second kappa shape index (κ2) is 3.75. The highest BCUT2D eigenvalue weighted by atomic mass is 35.5. The molecule has 0 aliphatic rings. The van der Waals surface area contributed by atoms with E-state index in [9.17, 15) is 4.79 Å². The highest BCUT2D eigenvalue weighted by Gasteiger charge is 2.30. The Bertz CT molecular complexity index is 357. The third kappa shape index (κ3) is 2.16.